The van der Waals surface area contributed by atoms with Gasteiger partial charge < -0.3 is 9.80 Å². The molecule has 8 aromatic carbocycles. The van der Waals surface area contributed by atoms with Crippen LogP contribution in [-0.2, 0) is 5.41 Å². The standard InChI is InChI=1S/C55H47BF2N2Si/c1-36-29-51-53-52(30-36)60(49-28-25-39(55(4,5)6)33-48(49)56(53)47-27-26-41(58)35-50(47)59(51)42-18-16-17-40(57)34-42)54-37(2)31-46(32-38(54)3)61(43-19-10-7-11-20-43,44-21-12-8-13-22-44)45-23-14-9-15-24-45/h7-35H,1-6H3. The predicted molar refractivity (Wildman–Crippen MR) is 257 cm³/mol. The van der Waals surface area contributed by atoms with E-state index in [-0.39, 0.29) is 23.8 Å². The van der Waals surface area contributed by atoms with E-state index in [2.05, 4.69) is 185 Å². The van der Waals surface area contributed by atoms with E-state index in [0.29, 0.717) is 5.69 Å². The van der Waals surface area contributed by atoms with E-state index in [1.54, 1.807) is 24.3 Å². The fourth-order valence-electron chi connectivity index (χ4n) is 10.3. The Morgan fingerprint density at radius 2 is 1.02 bits per heavy atom. The Bertz CT molecular complexity index is 2860. The van der Waals surface area contributed by atoms with Crippen molar-refractivity contribution >= 4 is 86.0 Å². The predicted octanol–water partition coefficient (Wildman–Crippen LogP) is 9.65. The average Bonchev–Trinajstić information content (AvgIpc) is 3.25. The molecule has 0 aliphatic carbocycles. The maximum absolute atomic E-state index is 15.5. The van der Waals surface area contributed by atoms with E-state index in [0.717, 1.165) is 44.9 Å². The Morgan fingerprint density at radius 3 is 1.57 bits per heavy atom. The molecule has 0 aromatic heterocycles. The lowest BCUT2D eigenvalue weighted by molar-refractivity contribution is 0.591. The van der Waals surface area contributed by atoms with Crippen LogP contribution in [0.4, 0.5) is 42.9 Å². The first-order chi connectivity index (χ1) is 29.4. The zero-order valence-electron chi connectivity index (χ0n) is 35.5. The van der Waals surface area contributed by atoms with E-state index < -0.39 is 8.07 Å². The summed E-state index contributed by atoms with van der Waals surface area (Å²) in [7, 11) is -2.81. The fraction of sp³-hybridized carbons (Fsp3) is 0.127. The summed E-state index contributed by atoms with van der Waals surface area (Å²) >= 11 is 0. The number of hydrogen-bond donors (Lipinski definition) is 0. The molecule has 0 bridgehead atoms. The van der Waals surface area contributed by atoms with E-state index in [1.807, 2.05) is 12.1 Å². The van der Waals surface area contributed by atoms with Crippen molar-refractivity contribution in [2.24, 2.45) is 0 Å². The molecule has 0 unspecified atom stereocenters. The first-order valence-corrected chi connectivity index (χ1v) is 23.2. The van der Waals surface area contributed by atoms with Gasteiger partial charge in [0.25, 0.3) is 6.71 Å². The Morgan fingerprint density at radius 1 is 0.459 bits per heavy atom. The van der Waals surface area contributed by atoms with Crippen LogP contribution in [0.3, 0.4) is 0 Å². The van der Waals surface area contributed by atoms with Crippen molar-refractivity contribution in [1.82, 2.24) is 0 Å². The van der Waals surface area contributed by atoms with Crippen molar-refractivity contribution in [3.8, 4) is 0 Å². The summed E-state index contributed by atoms with van der Waals surface area (Å²) in [5.74, 6) is -0.668. The number of fused-ring (bicyclic) bond motifs is 4. The highest BCUT2D eigenvalue weighted by Gasteiger charge is 2.46. The first-order valence-electron chi connectivity index (χ1n) is 21.2. The molecule has 10 rings (SSSR count). The van der Waals surface area contributed by atoms with E-state index in [9.17, 15) is 0 Å². The number of hydrogen-bond acceptors (Lipinski definition) is 2. The van der Waals surface area contributed by atoms with E-state index in [1.165, 1.54) is 49.0 Å². The molecule has 6 heteroatoms. The first kappa shape index (κ1) is 38.7. The van der Waals surface area contributed by atoms with Crippen LogP contribution in [0.15, 0.2) is 176 Å². The molecule has 0 amide bonds. The molecule has 8 aromatic rings. The molecule has 0 saturated carbocycles. The Labute approximate surface area is 359 Å². The van der Waals surface area contributed by atoms with Gasteiger partial charge in [0.15, 0.2) is 8.07 Å². The van der Waals surface area contributed by atoms with Crippen molar-refractivity contribution in [1.29, 1.82) is 0 Å². The van der Waals surface area contributed by atoms with Crippen LogP contribution in [0.5, 0.6) is 0 Å². The zero-order chi connectivity index (χ0) is 42.2. The summed E-state index contributed by atoms with van der Waals surface area (Å²) in [5.41, 5.74) is 13.4. The van der Waals surface area contributed by atoms with Crippen LogP contribution >= 0.6 is 0 Å². The molecule has 0 N–H and O–H groups in total. The molecule has 298 valence electrons. The van der Waals surface area contributed by atoms with Gasteiger partial charge in [-0.25, -0.2) is 8.78 Å². The van der Waals surface area contributed by atoms with Crippen molar-refractivity contribution in [2.75, 3.05) is 9.80 Å². The maximum atomic E-state index is 15.5. The highest BCUT2D eigenvalue weighted by atomic mass is 28.3. The van der Waals surface area contributed by atoms with Crippen LogP contribution in [0.2, 0.25) is 0 Å². The van der Waals surface area contributed by atoms with Gasteiger partial charge in [-0.1, -0.05) is 148 Å². The van der Waals surface area contributed by atoms with Gasteiger partial charge in [-0.2, -0.15) is 0 Å². The molecule has 0 fully saturated rings. The van der Waals surface area contributed by atoms with E-state index >= 15 is 8.78 Å². The molecule has 0 spiro atoms. The summed E-state index contributed by atoms with van der Waals surface area (Å²) in [6.07, 6.45) is 0. The summed E-state index contributed by atoms with van der Waals surface area (Å²) in [4.78, 5) is 4.54. The molecule has 0 saturated heterocycles. The lowest BCUT2D eigenvalue weighted by atomic mass is 9.33. The van der Waals surface area contributed by atoms with Gasteiger partial charge in [0.05, 0.1) is 5.69 Å². The molecule has 0 atom stereocenters. The Balaban J connectivity index is 1.27. The number of rotatable bonds is 6. The second kappa shape index (κ2) is 14.6. The largest absolute Gasteiger partial charge is 0.311 e. The lowest BCUT2D eigenvalue weighted by Gasteiger charge is -2.45. The minimum Gasteiger partial charge on any atom is -0.311 e. The topological polar surface area (TPSA) is 6.48 Å². The normalized spacial score (nSPS) is 13.1. The molecule has 2 aliphatic heterocycles. The van der Waals surface area contributed by atoms with Crippen molar-refractivity contribution in [3.63, 3.8) is 0 Å². The summed E-state index contributed by atoms with van der Waals surface area (Å²) < 4.78 is 30.6. The number of halogens is 2. The van der Waals surface area contributed by atoms with Crippen LogP contribution in [0, 0.1) is 32.4 Å². The van der Waals surface area contributed by atoms with E-state index in [4.69, 9.17) is 0 Å². The lowest BCUT2D eigenvalue weighted by Crippen LogP contribution is -2.74. The maximum Gasteiger partial charge on any atom is 0.252 e. The van der Waals surface area contributed by atoms with Crippen molar-refractivity contribution < 1.29 is 8.78 Å². The van der Waals surface area contributed by atoms with Gasteiger partial charge >= 0.3 is 0 Å². The number of aryl methyl sites for hydroxylation is 3. The molecule has 2 aliphatic rings. The number of benzene rings is 8. The van der Waals surface area contributed by atoms with Crippen molar-refractivity contribution in [2.45, 2.75) is 47.0 Å². The van der Waals surface area contributed by atoms with Crippen LogP contribution in [0.25, 0.3) is 0 Å². The second-order valence-electron chi connectivity index (χ2n) is 17.8. The highest BCUT2D eigenvalue weighted by Crippen LogP contribution is 2.46. The third-order valence-corrected chi connectivity index (χ3v) is 17.6. The Hall–Kier alpha value is -6.50. The van der Waals surface area contributed by atoms with Crippen LogP contribution in [-0.4, -0.2) is 14.8 Å². The SMILES string of the molecule is Cc1cc2c3c(c1)N(c1c(C)cc([Si](c4ccccc4)(c4ccccc4)c4ccccc4)cc1C)c1ccc(C(C)(C)C)cc1B3c1ccc(F)cc1N2c1cccc(F)c1. The summed E-state index contributed by atoms with van der Waals surface area (Å²) in [6, 6.07) is 61.3. The molecule has 0 radical (unpaired) electrons. The monoisotopic (exact) mass is 812 g/mol. The summed E-state index contributed by atoms with van der Waals surface area (Å²) in [5, 5.41) is 5.33. The number of nitrogens with zero attached hydrogens (tertiary/aromatic N) is 2. The third kappa shape index (κ3) is 6.18. The average molecular weight is 813 g/mol. The van der Waals surface area contributed by atoms with Crippen LogP contribution in [0.1, 0.15) is 43.0 Å². The van der Waals surface area contributed by atoms with Gasteiger partial charge in [-0.05, 0) is 134 Å². The highest BCUT2D eigenvalue weighted by molar-refractivity contribution is 7.20. The minimum absolute atomic E-state index is 0.113. The number of anilines is 6. The summed E-state index contributed by atoms with van der Waals surface area (Å²) in [6.45, 7) is 13.2. The molecule has 2 nitrogen and oxygen atoms in total. The molecular weight excluding hydrogens is 766 g/mol. The third-order valence-electron chi connectivity index (χ3n) is 12.9. The van der Waals surface area contributed by atoms with Gasteiger partial charge in [0.1, 0.15) is 11.6 Å². The zero-order valence-corrected chi connectivity index (χ0v) is 36.5. The fourth-order valence-corrected chi connectivity index (χ4v) is 15.2. The quantitative estimate of drug-likeness (QED) is 0.122. The van der Waals surface area contributed by atoms with Crippen molar-refractivity contribution in [3.05, 3.63) is 210 Å². The molecule has 2 heterocycles. The smallest absolute Gasteiger partial charge is 0.252 e. The van der Waals surface area contributed by atoms with Gasteiger partial charge in [0, 0.05) is 28.4 Å². The van der Waals surface area contributed by atoms with Gasteiger partial charge in [-0.3, -0.25) is 0 Å². The minimum atomic E-state index is -2.81. The molecule has 61 heavy (non-hydrogen) atoms. The second-order valence-corrected chi connectivity index (χ2v) is 21.6. The van der Waals surface area contributed by atoms with Gasteiger partial charge in [-0.15, -0.1) is 0 Å². The Kier molecular flexibility index (Phi) is 9.26. The molecular formula is C55H47BF2N2Si. The van der Waals surface area contributed by atoms with Crippen LogP contribution < -0.4 is 46.9 Å². The van der Waals surface area contributed by atoms with Gasteiger partial charge in [0.2, 0.25) is 0 Å².